The molecule has 1 saturated heterocycles. The molecule has 9 heteroatoms. The molecule has 0 aromatic heterocycles. The molecule has 1 heterocycles. The monoisotopic (exact) mass is 441 g/mol. The minimum absolute atomic E-state index is 0.153. The van der Waals surface area contributed by atoms with Crippen molar-refractivity contribution in [2.45, 2.75) is 57.1 Å². The van der Waals surface area contributed by atoms with Gasteiger partial charge in [0.05, 0.1) is 12.0 Å². The second kappa shape index (κ2) is 10.5. The Kier molecular flexibility index (Phi) is 8.52. The maximum absolute atomic E-state index is 12.4. The van der Waals surface area contributed by atoms with Gasteiger partial charge in [0.1, 0.15) is 11.4 Å². The van der Waals surface area contributed by atoms with Gasteiger partial charge in [0.2, 0.25) is 10.0 Å². The smallest absolute Gasteiger partial charge is 0.410 e. The average molecular weight is 442 g/mol. The Balaban J connectivity index is 1.78. The van der Waals surface area contributed by atoms with Crippen molar-refractivity contribution in [1.29, 1.82) is 0 Å². The van der Waals surface area contributed by atoms with E-state index >= 15 is 0 Å². The molecule has 1 aromatic rings. The van der Waals surface area contributed by atoms with Gasteiger partial charge in [-0.2, -0.15) is 0 Å². The molecule has 0 unspecified atom stereocenters. The molecule has 1 aromatic carbocycles. The fourth-order valence-electron chi connectivity index (χ4n) is 3.40. The number of sulfonamides is 1. The van der Waals surface area contributed by atoms with Crippen LogP contribution in [0.5, 0.6) is 5.75 Å². The number of carbonyl (C=O) groups excluding carboxylic acids is 1. The SMILES string of the molecule is COc1ccc(S(=O)(=O)NCCN[C@@H](C)[C@H]2CCCN(C(=O)OC(C)(C)C)C2)cc1. The Morgan fingerprint density at radius 2 is 1.90 bits per heavy atom. The summed E-state index contributed by atoms with van der Waals surface area (Å²) in [5.74, 6) is 0.904. The van der Waals surface area contributed by atoms with Crippen LogP contribution < -0.4 is 14.8 Å². The normalized spacial score (nSPS) is 18.7. The third-order valence-corrected chi connectivity index (χ3v) is 6.55. The van der Waals surface area contributed by atoms with Gasteiger partial charge in [-0.05, 0) is 70.7 Å². The van der Waals surface area contributed by atoms with Crippen LogP contribution in [-0.2, 0) is 14.8 Å². The van der Waals surface area contributed by atoms with Crippen molar-refractivity contribution >= 4 is 16.1 Å². The number of piperidine rings is 1. The molecule has 0 aliphatic carbocycles. The molecule has 2 rings (SSSR count). The summed E-state index contributed by atoms with van der Waals surface area (Å²) in [6.07, 6.45) is 1.68. The number of amides is 1. The number of carbonyl (C=O) groups is 1. The van der Waals surface area contributed by atoms with Crippen LogP contribution in [0.3, 0.4) is 0 Å². The van der Waals surface area contributed by atoms with Crippen LogP contribution in [0.4, 0.5) is 4.79 Å². The van der Waals surface area contributed by atoms with Gasteiger partial charge in [0.15, 0.2) is 0 Å². The number of ether oxygens (including phenoxy) is 2. The highest BCUT2D eigenvalue weighted by Gasteiger charge is 2.30. The summed E-state index contributed by atoms with van der Waals surface area (Å²) in [7, 11) is -2.03. The minimum Gasteiger partial charge on any atom is -0.497 e. The fraction of sp³-hybridized carbons (Fsp3) is 0.667. The lowest BCUT2D eigenvalue weighted by molar-refractivity contribution is 0.0149. The second-order valence-electron chi connectivity index (χ2n) is 8.64. The van der Waals surface area contributed by atoms with Crippen LogP contribution in [0, 0.1) is 5.92 Å². The van der Waals surface area contributed by atoms with Crippen LogP contribution in [0.2, 0.25) is 0 Å². The first-order chi connectivity index (χ1) is 14.0. The Hall–Kier alpha value is -1.84. The summed E-state index contributed by atoms with van der Waals surface area (Å²) in [6.45, 7) is 9.79. The Morgan fingerprint density at radius 3 is 2.50 bits per heavy atom. The van der Waals surface area contributed by atoms with E-state index in [-0.39, 0.29) is 23.6 Å². The number of nitrogens with one attached hydrogen (secondary N) is 2. The standard InChI is InChI=1S/C21H35N3O5S/c1-16(17-7-6-14-24(15-17)20(25)29-21(2,3)4)22-12-13-23-30(26,27)19-10-8-18(28-5)9-11-19/h8-11,16-17,22-23H,6-7,12-15H2,1-5H3/t16-,17-/m0/s1. The van der Waals surface area contributed by atoms with Gasteiger partial charge in [-0.15, -0.1) is 0 Å². The van der Waals surface area contributed by atoms with E-state index in [0.717, 1.165) is 12.8 Å². The molecule has 170 valence electrons. The van der Waals surface area contributed by atoms with E-state index in [1.807, 2.05) is 20.8 Å². The van der Waals surface area contributed by atoms with E-state index in [0.29, 0.717) is 31.3 Å². The Morgan fingerprint density at radius 1 is 1.23 bits per heavy atom. The van der Waals surface area contributed by atoms with Crippen LogP contribution in [0.1, 0.15) is 40.5 Å². The zero-order valence-electron chi connectivity index (χ0n) is 18.6. The van der Waals surface area contributed by atoms with Gasteiger partial charge in [-0.25, -0.2) is 17.9 Å². The van der Waals surface area contributed by atoms with Crippen molar-refractivity contribution in [2.75, 3.05) is 33.3 Å². The number of nitrogens with zero attached hydrogens (tertiary/aromatic N) is 1. The van der Waals surface area contributed by atoms with Crippen LogP contribution in [0.25, 0.3) is 0 Å². The zero-order valence-corrected chi connectivity index (χ0v) is 19.4. The molecular weight excluding hydrogens is 406 g/mol. The molecule has 1 amide bonds. The van der Waals surface area contributed by atoms with Gasteiger partial charge < -0.3 is 19.7 Å². The van der Waals surface area contributed by atoms with E-state index in [1.165, 1.54) is 19.2 Å². The molecule has 1 fully saturated rings. The molecule has 0 saturated carbocycles. The first kappa shape index (κ1) is 24.4. The third-order valence-electron chi connectivity index (χ3n) is 5.07. The highest BCUT2D eigenvalue weighted by atomic mass is 32.2. The molecule has 0 radical (unpaired) electrons. The first-order valence-electron chi connectivity index (χ1n) is 10.4. The molecule has 0 bridgehead atoms. The largest absolute Gasteiger partial charge is 0.497 e. The lowest BCUT2D eigenvalue weighted by atomic mass is 9.92. The molecule has 2 N–H and O–H groups in total. The Bertz CT molecular complexity index is 790. The van der Waals surface area contributed by atoms with Gasteiger partial charge in [0.25, 0.3) is 0 Å². The number of likely N-dealkylation sites (tertiary alicyclic amines) is 1. The van der Waals surface area contributed by atoms with Crippen LogP contribution in [0.15, 0.2) is 29.2 Å². The number of methoxy groups -OCH3 is 1. The molecule has 0 spiro atoms. The average Bonchev–Trinajstić information content (AvgIpc) is 2.70. The van der Waals surface area contributed by atoms with Gasteiger partial charge in [-0.3, -0.25) is 0 Å². The first-order valence-corrected chi connectivity index (χ1v) is 11.8. The van der Waals surface area contributed by atoms with E-state index in [4.69, 9.17) is 9.47 Å². The number of rotatable bonds is 8. The summed E-state index contributed by atoms with van der Waals surface area (Å²) < 4.78 is 37.9. The number of hydrogen-bond acceptors (Lipinski definition) is 6. The predicted octanol–water partition coefficient (Wildman–Crippen LogP) is 2.60. The molecule has 30 heavy (non-hydrogen) atoms. The van der Waals surface area contributed by atoms with E-state index in [1.54, 1.807) is 17.0 Å². The summed E-state index contributed by atoms with van der Waals surface area (Å²) >= 11 is 0. The second-order valence-corrected chi connectivity index (χ2v) is 10.4. The molecule has 1 aliphatic heterocycles. The van der Waals surface area contributed by atoms with Gasteiger partial charge in [0, 0.05) is 32.2 Å². The third kappa shape index (κ3) is 7.45. The molecule has 2 atom stereocenters. The van der Waals surface area contributed by atoms with Gasteiger partial charge >= 0.3 is 6.09 Å². The zero-order chi connectivity index (χ0) is 22.4. The summed E-state index contributed by atoms with van der Waals surface area (Å²) in [5, 5.41) is 3.38. The van der Waals surface area contributed by atoms with E-state index in [2.05, 4.69) is 17.0 Å². The van der Waals surface area contributed by atoms with Crippen LogP contribution in [-0.4, -0.2) is 64.3 Å². The lowest BCUT2D eigenvalue weighted by Gasteiger charge is -2.36. The van der Waals surface area contributed by atoms with Crippen molar-refractivity contribution in [1.82, 2.24) is 14.9 Å². The number of hydrogen-bond donors (Lipinski definition) is 2. The quantitative estimate of drug-likeness (QED) is 0.602. The highest BCUT2D eigenvalue weighted by molar-refractivity contribution is 7.89. The summed E-state index contributed by atoms with van der Waals surface area (Å²) in [6, 6.07) is 6.43. The topological polar surface area (TPSA) is 97.0 Å². The predicted molar refractivity (Wildman–Crippen MR) is 116 cm³/mol. The van der Waals surface area contributed by atoms with E-state index < -0.39 is 15.6 Å². The lowest BCUT2D eigenvalue weighted by Crippen LogP contribution is -2.48. The van der Waals surface area contributed by atoms with Crippen molar-refractivity contribution in [3.8, 4) is 5.75 Å². The van der Waals surface area contributed by atoms with E-state index in [9.17, 15) is 13.2 Å². The summed E-state index contributed by atoms with van der Waals surface area (Å²) in [4.78, 5) is 14.3. The van der Waals surface area contributed by atoms with Gasteiger partial charge in [-0.1, -0.05) is 0 Å². The highest BCUT2D eigenvalue weighted by Crippen LogP contribution is 2.22. The maximum Gasteiger partial charge on any atom is 0.410 e. The number of benzene rings is 1. The minimum atomic E-state index is -3.56. The molecule has 8 nitrogen and oxygen atoms in total. The Labute approximate surface area is 180 Å². The fourth-order valence-corrected chi connectivity index (χ4v) is 4.43. The summed E-state index contributed by atoms with van der Waals surface area (Å²) in [5.41, 5.74) is -0.505. The molecule has 1 aliphatic rings. The van der Waals surface area contributed by atoms with Crippen molar-refractivity contribution in [2.24, 2.45) is 5.92 Å². The van der Waals surface area contributed by atoms with Crippen molar-refractivity contribution in [3.05, 3.63) is 24.3 Å². The van der Waals surface area contributed by atoms with Crippen LogP contribution >= 0.6 is 0 Å². The maximum atomic E-state index is 12.4. The molecular formula is C21H35N3O5S. The van der Waals surface area contributed by atoms with Crippen molar-refractivity contribution < 1.29 is 22.7 Å². The van der Waals surface area contributed by atoms with Crippen molar-refractivity contribution in [3.63, 3.8) is 0 Å².